The Morgan fingerprint density at radius 1 is 1.25 bits per heavy atom. The van der Waals surface area contributed by atoms with Crippen molar-refractivity contribution in [1.29, 1.82) is 0 Å². The largest absolute Gasteiger partial charge is 0.379 e. The molecule has 1 atom stereocenters. The average Bonchev–Trinajstić information content (AvgIpc) is 3.17. The van der Waals surface area contributed by atoms with Gasteiger partial charge in [0.1, 0.15) is 0 Å². The number of benzene rings is 1. The van der Waals surface area contributed by atoms with Gasteiger partial charge in [-0.25, -0.2) is 0 Å². The predicted octanol–water partition coefficient (Wildman–Crippen LogP) is 2.56. The minimum atomic E-state index is -0.0587. The third-order valence-electron chi connectivity index (χ3n) is 4.29. The quantitative estimate of drug-likeness (QED) is 0.198. The lowest BCUT2D eigenvalue weighted by Crippen LogP contribution is -2.39. The Morgan fingerprint density at radius 3 is 2.64 bits per heavy atom. The van der Waals surface area contributed by atoms with Crippen LogP contribution in [0.2, 0.25) is 0 Å². The van der Waals surface area contributed by atoms with Crippen molar-refractivity contribution in [2.75, 3.05) is 45.3 Å². The van der Waals surface area contributed by atoms with Crippen LogP contribution in [-0.4, -0.2) is 57.9 Å². The van der Waals surface area contributed by atoms with Crippen molar-refractivity contribution in [3.8, 4) is 0 Å². The summed E-state index contributed by atoms with van der Waals surface area (Å²) < 4.78 is 11.2. The first kappa shape index (κ1) is 24.6. The van der Waals surface area contributed by atoms with E-state index in [2.05, 4.69) is 20.9 Å². The van der Waals surface area contributed by atoms with E-state index >= 15 is 0 Å². The highest BCUT2D eigenvalue weighted by atomic mass is 127. The highest BCUT2D eigenvalue weighted by Gasteiger charge is 2.14. The number of carbonyl (C=O) groups is 1. The number of nitrogens with one attached hydrogen (secondary N) is 3. The molecule has 3 N–H and O–H groups in total. The standard InChI is InChI=1S/C20H32N4O3.HI/c1-16(25)24-18-8-6-17(7-9-18)10-12-23-20(21-2)22-11-4-13-26-15-19-5-3-14-27-19;/h6-9,19H,3-5,10-15H2,1-2H3,(H,24,25)(H2,21,22,23);1H. The van der Waals surface area contributed by atoms with Crippen molar-refractivity contribution >= 4 is 41.5 Å². The summed E-state index contributed by atoms with van der Waals surface area (Å²) in [5.74, 6) is 0.737. The zero-order chi connectivity index (χ0) is 19.3. The number of nitrogens with zero attached hydrogens (tertiary/aromatic N) is 1. The average molecular weight is 504 g/mol. The molecule has 0 spiro atoms. The van der Waals surface area contributed by atoms with Crippen LogP contribution < -0.4 is 16.0 Å². The van der Waals surface area contributed by atoms with E-state index in [1.165, 1.54) is 12.5 Å². The van der Waals surface area contributed by atoms with Gasteiger partial charge in [0.2, 0.25) is 5.91 Å². The number of guanidine groups is 1. The maximum absolute atomic E-state index is 11.0. The normalized spacial score (nSPS) is 16.4. The van der Waals surface area contributed by atoms with E-state index < -0.39 is 0 Å². The zero-order valence-electron chi connectivity index (χ0n) is 16.8. The first-order chi connectivity index (χ1) is 13.2. The van der Waals surface area contributed by atoms with Crippen molar-refractivity contribution in [3.05, 3.63) is 29.8 Å². The highest BCUT2D eigenvalue weighted by molar-refractivity contribution is 14.0. The lowest BCUT2D eigenvalue weighted by atomic mass is 10.1. The SMILES string of the molecule is CN=C(NCCCOCC1CCCO1)NCCc1ccc(NC(C)=O)cc1.I. The van der Waals surface area contributed by atoms with Crippen molar-refractivity contribution in [3.63, 3.8) is 0 Å². The topological polar surface area (TPSA) is 84.0 Å². The fraction of sp³-hybridized carbons (Fsp3) is 0.600. The molecule has 0 bridgehead atoms. The fourth-order valence-electron chi connectivity index (χ4n) is 2.88. The Balaban J connectivity index is 0.00000392. The molecule has 8 heteroatoms. The van der Waals surface area contributed by atoms with Gasteiger partial charge in [-0.05, 0) is 43.4 Å². The smallest absolute Gasteiger partial charge is 0.221 e. The Labute approximate surface area is 185 Å². The minimum Gasteiger partial charge on any atom is -0.379 e. The van der Waals surface area contributed by atoms with Crippen LogP contribution in [0.4, 0.5) is 5.69 Å². The molecule has 0 aliphatic carbocycles. The summed E-state index contributed by atoms with van der Waals surface area (Å²) in [4.78, 5) is 15.3. The van der Waals surface area contributed by atoms with Gasteiger partial charge in [-0.1, -0.05) is 12.1 Å². The molecule has 1 unspecified atom stereocenters. The molecule has 1 aromatic carbocycles. The maximum Gasteiger partial charge on any atom is 0.221 e. The molecule has 1 amide bonds. The summed E-state index contributed by atoms with van der Waals surface area (Å²) in [6.45, 7) is 5.41. The van der Waals surface area contributed by atoms with E-state index in [9.17, 15) is 4.79 Å². The number of rotatable bonds is 10. The van der Waals surface area contributed by atoms with Crippen LogP contribution in [-0.2, 0) is 20.7 Å². The maximum atomic E-state index is 11.0. The Hall–Kier alpha value is -1.39. The van der Waals surface area contributed by atoms with Crippen LogP contribution in [0, 0.1) is 0 Å². The third kappa shape index (κ3) is 10.2. The number of ether oxygens (including phenoxy) is 2. The van der Waals surface area contributed by atoms with Gasteiger partial charge in [0.25, 0.3) is 0 Å². The molecule has 0 saturated carbocycles. The van der Waals surface area contributed by atoms with E-state index in [4.69, 9.17) is 9.47 Å². The molecular formula is C20H33IN4O3. The Kier molecular flexibility index (Phi) is 12.8. The molecule has 0 radical (unpaired) electrons. The molecule has 1 aliphatic heterocycles. The molecule has 1 saturated heterocycles. The molecule has 158 valence electrons. The van der Waals surface area contributed by atoms with Crippen molar-refractivity contribution in [2.45, 2.75) is 38.7 Å². The van der Waals surface area contributed by atoms with Gasteiger partial charge >= 0.3 is 0 Å². The molecule has 2 rings (SSSR count). The summed E-state index contributed by atoms with van der Waals surface area (Å²) in [6.07, 6.45) is 4.37. The van der Waals surface area contributed by atoms with Gasteiger partial charge in [0.05, 0.1) is 12.7 Å². The summed E-state index contributed by atoms with van der Waals surface area (Å²) in [6, 6.07) is 7.88. The second kappa shape index (κ2) is 14.6. The molecule has 0 aromatic heterocycles. The summed E-state index contributed by atoms with van der Waals surface area (Å²) in [7, 11) is 1.77. The Morgan fingerprint density at radius 2 is 2.00 bits per heavy atom. The number of hydrogen-bond acceptors (Lipinski definition) is 4. The third-order valence-corrected chi connectivity index (χ3v) is 4.29. The summed E-state index contributed by atoms with van der Waals surface area (Å²) in [5.41, 5.74) is 2.02. The van der Waals surface area contributed by atoms with Gasteiger partial charge in [-0.2, -0.15) is 0 Å². The van der Waals surface area contributed by atoms with Crippen molar-refractivity contribution in [1.82, 2.24) is 10.6 Å². The Bertz CT molecular complexity index is 590. The molecule has 1 fully saturated rings. The number of carbonyl (C=O) groups excluding carboxylic acids is 1. The molecule has 28 heavy (non-hydrogen) atoms. The second-order valence-corrected chi connectivity index (χ2v) is 6.62. The minimum absolute atomic E-state index is 0. The van der Waals surface area contributed by atoms with E-state index in [1.54, 1.807) is 7.05 Å². The molecular weight excluding hydrogens is 471 g/mol. The lowest BCUT2D eigenvalue weighted by molar-refractivity contribution is -0.114. The van der Waals surface area contributed by atoms with Gasteiger partial charge in [-0.15, -0.1) is 24.0 Å². The number of anilines is 1. The van der Waals surface area contributed by atoms with E-state index in [0.29, 0.717) is 12.7 Å². The molecule has 1 aliphatic rings. The number of aliphatic imine (C=N–C) groups is 1. The predicted molar refractivity (Wildman–Crippen MR) is 124 cm³/mol. The highest BCUT2D eigenvalue weighted by Crippen LogP contribution is 2.12. The van der Waals surface area contributed by atoms with Crippen LogP contribution >= 0.6 is 24.0 Å². The zero-order valence-corrected chi connectivity index (χ0v) is 19.2. The van der Waals surface area contributed by atoms with Crippen LogP contribution in [0.15, 0.2) is 29.3 Å². The van der Waals surface area contributed by atoms with Gasteiger partial charge < -0.3 is 25.4 Å². The van der Waals surface area contributed by atoms with Gasteiger partial charge in [-0.3, -0.25) is 9.79 Å². The molecule has 1 heterocycles. The first-order valence-electron chi connectivity index (χ1n) is 9.68. The molecule has 1 aromatic rings. The first-order valence-corrected chi connectivity index (χ1v) is 9.68. The van der Waals surface area contributed by atoms with Crippen LogP contribution in [0.1, 0.15) is 31.7 Å². The number of amides is 1. The van der Waals surface area contributed by atoms with Gasteiger partial charge in [0, 0.05) is 46.0 Å². The number of halogens is 1. The summed E-state index contributed by atoms with van der Waals surface area (Å²) >= 11 is 0. The van der Waals surface area contributed by atoms with Crippen LogP contribution in [0.5, 0.6) is 0 Å². The number of hydrogen-bond donors (Lipinski definition) is 3. The van der Waals surface area contributed by atoms with E-state index in [0.717, 1.165) is 63.6 Å². The second-order valence-electron chi connectivity index (χ2n) is 6.62. The van der Waals surface area contributed by atoms with Crippen LogP contribution in [0.3, 0.4) is 0 Å². The van der Waals surface area contributed by atoms with E-state index in [1.807, 2.05) is 24.3 Å². The van der Waals surface area contributed by atoms with Crippen molar-refractivity contribution < 1.29 is 14.3 Å². The van der Waals surface area contributed by atoms with Crippen LogP contribution in [0.25, 0.3) is 0 Å². The summed E-state index contributed by atoms with van der Waals surface area (Å²) in [5, 5.41) is 9.37. The van der Waals surface area contributed by atoms with Gasteiger partial charge in [0.15, 0.2) is 5.96 Å². The van der Waals surface area contributed by atoms with E-state index in [-0.39, 0.29) is 29.9 Å². The molecule has 7 nitrogen and oxygen atoms in total. The monoisotopic (exact) mass is 504 g/mol. The lowest BCUT2D eigenvalue weighted by Gasteiger charge is -2.13. The fourth-order valence-corrected chi connectivity index (χ4v) is 2.88. The van der Waals surface area contributed by atoms with Crippen molar-refractivity contribution in [2.24, 2.45) is 4.99 Å².